The van der Waals surface area contributed by atoms with Gasteiger partial charge in [-0.25, -0.2) is 4.98 Å². The fraction of sp³-hybridized carbons (Fsp3) is 0.364. The number of rotatable bonds is 4. The predicted molar refractivity (Wildman–Crippen MR) is 70.1 cm³/mol. The number of fused-ring (bicyclic) bond motifs is 1. The van der Waals surface area contributed by atoms with E-state index in [2.05, 4.69) is 21.2 Å². The van der Waals surface area contributed by atoms with E-state index in [0.717, 1.165) is 35.3 Å². The lowest BCUT2D eigenvalue weighted by Gasteiger charge is -1.90. The van der Waals surface area contributed by atoms with Crippen LogP contribution in [0.4, 0.5) is 0 Å². The largest absolute Gasteiger partial charge is 0.481 e. The Bertz CT molecular complexity index is 569. The van der Waals surface area contributed by atoms with Gasteiger partial charge in [-0.2, -0.15) is 0 Å². The molecule has 0 saturated carbocycles. The van der Waals surface area contributed by atoms with Crippen molar-refractivity contribution < 1.29 is 9.90 Å². The Morgan fingerprint density at radius 3 is 3.22 bits per heavy atom. The summed E-state index contributed by atoms with van der Waals surface area (Å²) in [6.07, 6.45) is 3.56. The topological polar surface area (TPSA) is 78.9 Å². The lowest BCUT2D eigenvalue weighted by atomic mass is 10.2. The number of hydrogen-bond acceptors (Lipinski definition) is 5. The van der Waals surface area contributed by atoms with Gasteiger partial charge in [0.05, 0.1) is 10.6 Å². The highest BCUT2D eigenvalue weighted by Gasteiger charge is 2.17. The van der Waals surface area contributed by atoms with Crippen LogP contribution in [-0.4, -0.2) is 32.0 Å². The molecule has 2 aromatic rings. The summed E-state index contributed by atoms with van der Waals surface area (Å²) in [5.74, 6) is -0.137. The molecule has 0 amide bonds. The van der Waals surface area contributed by atoms with Gasteiger partial charge in [0.25, 0.3) is 0 Å². The molecule has 0 saturated heterocycles. The Hall–Kier alpha value is -1.34. The molecular weight excluding hydrogens is 270 g/mol. The first-order chi connectivity index (χ1) is 8.72. The Morgan fingerprint density at radius 2 is 2.44 bits per heavy atom. The third-order valence-corrected chi connectivity index (χ3v) is 4.85. The summed E-state index contributed by atoms with van der Waals surface area (Å²) in [4.78, 5) is 17.3. The van der Waals surface area contributed by atoms with Crippen molar-refractivity contribution in [1.29, 1.82) is 0 Å². The molecule has 0 atom stereocenters. The van der Waals surface area contributed by atoms with E-state index < -0.39 is 5.97 Å². The van der Waals surface area contributed by atoms with Crippen LogP contribution in [0.5, 0.6) is 0 Å². The highest BCUT2D eigenvalue weighted by Crippen LogP contribution is 2.35. The van der Waals surface area contributed by atoms with Gasteiger partial charge in [0.2, 0.25) is 5.16 Å². The van der Waals surface area contributed by atoms with Crippen molar-refractivity contribution in [2.75, 3.05) is 5.75 Å². The summed E-state index contributed by atoms with van der Waals surface area (Å²) in [5, 5.41) is 16.0. The fourth-order valence-electron chi connectivity index (χ4n) is 1.99. The number of aliphatic carboxylic acids is 1. The van der Waals surface area contributed by atoms with E-state index in [4.69, 9.17) is 5.11 Å². The third kappa shape index (κ3) is 2.28. The molecule has 2 N–H and O–H groups in total. The summed E-state index contributed by atoms with van der Waals surface area (Å²) < 4.78 is 0. The summed E-state index contributed by atoms with van der Waals surface area (Å²) in [6.45, 7) is 0. The number of carboxylic acids is 1. The summed E-state index contributed by atoms with van der Waals surface area (Å²) >= 11 is 2.88. The molecule has 0 radical (unpaired) electrons. The number of thiophene rings is 1. The highest BCUT2D eigenvalue weighted by molar-refractivity contribution is 7.99. The second-order valence-electron chi connectivity index (χ2n) is 4.06. The highest BCUT2D eigenvalue weighted by atomic mass is 32.2. The van der Waals surface area contributed by atoms with E-state index in [0.29, 0.717) is 5.16 Å². The van der Waals surface area contributed by atoms with Crippen LogP contribution in [0.3, 0.4) is 0 Å². The molecule has 2 heterocycles. The number of aromatic amines is 1. The number of H-pyrrole nitrogens is 1. The van der Waals surface area contributed by atoms with Crippen molar-refractivity contribution in [3.63, 3.8) is 0 Å². The zero-order valence-electron chi connectivity index (χ0n) is 9.47. The van der Waals surface area contributed by atoms with Gasteiger partial charge < -0.3 is 5.11 Å². The number of carbonyl (C=O) groups is 1. The quantitative estimate of drug-likeness (QED) is 0.840. The summed E-state index contributed by atoms with van der Waals surface area (Å²) in [7, 11) is 0. The van der Waals surface area contributed by atoms with Gasteiger partial charge in [-0.3, -0.25) is 9.89 Å². The monoisotopic (exact) mass is 281 g/mol. The number of hydrogen-bond donors (Lipinski definition) is 2. The molecule has 1 aliphatic rings. The number of nitrogens with one attached hydrogen (secondary N) is 1. The molecule has 0 fully saturated rings. The molecule has 18 heavy (non-hydrogen) atoms. The SMILES string of the molecule is O=C(O)CSc1n[nH]c(-c2cc3c(s2)CCC3)n1. The average Bonchev–Trinajstić information content (AvgIpc) is 3.00. The maximum atomic E-state index is 10.5. The van der Waals surface area contributed by atoms with Gasteiger partial charge >= 0.3 is 5.97 Å². The smallest absolute Gasteiger partial charge is 0.313 e. The number of thioether (sulfide) groups is 1. The molecule has 0 bridgehead atoms. The molecule has 0 unspecified atom stereocenters. The Kier molecular flexibility index (Phi) is 3.09. The number of aryl methyl sites for hydroxylation is 2. The summed E-state index contributed by atoms with van der Waals surface area (Å²) in [6, 6.07) is 2.17. The lowest BCUT2D eigenvalue weighted by molar-refractivity contribution is -0.133. The van der Waals surface area contributed by atoms with Crippen LogP contribution in [0.1, 0.15) is 16.9 Å². The van der Waals surface area contributed by atoms with E-state index in [9.17, 15) is 4.79 Å². The van der Waals surface area contributed by atoms with Gasteiger partial charge in [-0.15, -0.1) is 16.4 Å². The molecule has 1 aliphatic carbocycles. The number of aromatic nitrogens is 3. The van der Waals surface area contributed by atoms with Crippen molar-refractivity contribution >= 4 is 29.1 Å². The van der Waals surface area contributed by atoms with Crippen LogP contribution in [0.25, 0.3) is 10.7 Å². The van der Waals surface area contributed by atoms with E-state index in [1.807, 2.05) is 0 Å². The molecule has 0 aliphatic heterocycles. The molecule has 0 aromatic carbocycles. The molecular formula is C11H11N3O2S2. The Balaban J connectivity index is 1.77. The maximum absolute atomic E-state index is 10.5. The van der Waals surface area contributed by atoms with Crippen LogP contribution in [0.2, 0.25) is 0 Å². The van der Waals surface area contributed by atoms with Gasteiger partial charge in [-0.05, 0) is 30.9 Å². The van der Waals surface area contributed by atoms with Crippen LogP contribution < -0.4 is 0 Å². The minimum Gasteiger partial charge on any atom is -0.481 e. The van der Waals surface area contributed by atoms with Crippen molar-refractivity contribution in [3.05, 3.63) is 16.5 Å². The van der Waals surface area contributed by atoms with Gasteiger partial charge in [0.1, 0.15) is 0 Å². The van der Waals surface area contributed by atoms with E-state index in [1.165, 1.54) is 16.9 Å². The van der Waals surface area contributed by atoms with E-state index in [1.54, 1.807) is 11.3 Å². The Labute approximate surface area is 112 Å². The van der Waals surface area contributed by atoms with Crippen LogP contribution >= 0.6 is 23.1 Å². The normalized spacial score (nSPS) is 13.8. The first-order valence-electron chi connectivity index (χ1n) is 5.61. The molecule has 2 aromatic heterocycles. The van der Waals surface area contributed by atoms with Crippen LogP contribution in [-0.2, 0) is 17.6 Å². The number of carboxylic acid groups (broad SMARTS) is 1. The molecule has 7 heteroatoms. The van der Waals surface area contributed by atoms with Crippen molar-refractivity contribution in [3.8, 4) is 10.7 Å². The third-order valence-electron chi connectivity index (χ3n) is 2.77. The van der Waals surface area contributed by atoms with Crippen molar-refractivity contribution in [1.82, 2.24) is 15.2 Å². The minimum absolute atomic E-state index is 0.0156. The van der Waals surface area contributed by atoms with Gasteiger partial charge in [-0.1, -0.05) is 11.8 Å². The first-order valence-corrected chi connectivity index (χ1v) is 7.41. The molecule has 94 valence electrons. The zero-order valence-corrected chi connectivity index (χ0v) is 11.1. The molecule has 0 spiro atoms. The van der Waals surface area contributed by atoms with E-state index in [-0.39, 0.29) is 5.75 Å². The van der Waals surface area contributed by atoms with E-state index >= 15 is 0 Å². The fourth-order valence-corrected chi connectivity index (χ4v) is 3.70. The van der Waals surface area contributed by atoms with Crippen LogP contribution in [0, 0.1) is 0 Å². The number of nitrogens with zero attached hydrogens (tertiary/aromatic N) is 2. The predicted octanol–water partition coefficient (Wildman–Crippen LogP) is 2.20. The van der Waals surface area contributed by atoms with Crippen molar-refractivity contribution in [2.24, 2.45) is 0 Å². The second kappa shape index (κ2) is 4.74. The maximum Gasteiger partial charge on any atom is 0.313 e. The second-order valence-corrected chi connectivity index (χ2v) is 6.14. The zero-order chi connectivity index (χ0) is 12.5. The van der Waals surface area contributed by atoms with Gasteiger partial charge in [0, 0.05) is 4.88 Å². The first kappa shape index (κ1) is 11.7. The van der Waals surface area contributed by atoms with Crippen molar-refractivity contribution in [2.45, 2.75) is 24.4 Å². The molecule has 3 rings (SSSR count). The molecule has 5 nitrogen and oxygen atoms in total. The Morgan fingerprint density at radius 1 is 1.56 bits per heavy atom. The van der Waals surface area contributed by atoms with Gasteiger partial charge in [0.15, 0.2) is 5.82 Å². The average molecular weight is 281 g/mol. The lowest BCUT2D eigenvalue weighted by Crippen LogP contribution is -1.97. The minimum atomic E-state index is -0.860. The summed E-state index contributed by atoms with van der Waals surface area (Å²) in [5.41, 5.74) is 1.42. The standard InChI is InChI=1S/C11H11N3O2S2/c15-9(16)5-17-11-12-10(13-14-11)8-4-6-2-1-3-7(6)18-8/h4H,1-3,5H2,(H,15,16)(H,12,13,14). The van der Waals surface area contributed by atoms with Crippen LogP contribution in [0.15, 0.2) is 11.2 Å².